The van der Waals surface area contributed by atoms with Crippen molar-refractivity contribution < 1.29 is 4.39 Å². The van der Waals surface area contributed by atoms with E-state index in [0.29, 0.717) is 0 Å². The largest absolute Gasteiger partial charge is 0.205 e. The van der Waals surface area contributed by atoms with Crippen LogP contribution in [-0.4, -0.2) is 0 Å². The molecule has 98 valence electrons. The Morgan fingerprint density at radius 1 is 1.05 bits per heavy atom. The highest BCUT2D eigenvalue weighted by Gasteiger charge is 2.03. The van der Waals surface area contributed by atoms with Crippen LogP contribution in [0.25, 0.3) is 11.1 Å². The Hall–Kier alpha value is -1.60. The molecule has 0 nitrogen and oxygen atoms in total. The predicted molar refractivity (Wildman–Crippen MR) is 80.0 cm³/mol. The number of allylic oxidation sites excluding steroid dienone is 2. The van der Waals surface area contributed by atoms with E-state index in [9.17, 15) is 4.39 Å². The second-order valence-corrected chi connectivity index (χ2v) is 4.84. The van der Waals surface area contributed by atoms with E-state index in [1.54, 1.807) is 6.07 Å². The molecule has 0 aliphatic heterocycles. The summed E-state index contributed by atoms with van der Waals surface area (Å²) in [5.74, 6) is -0.378. The van der Waals surface area contributed by atoms with Crippen molar-refractivity contribution in [2.75, 3.05) is 0 Å². The van der Waals surface area contributed by atoms with Crippen LogP contribution in [0.3, 0.4) is 0 Å². The van der Waals surface area contributed by atoms with Gasteiger partial charge >= 0.3 is 0 Å². The fraction of sp³-hybridized carbons (Fsp3) is 0.176. The molecule has 0 N–H and O–H groups in total. The van der Waals surface area contributed by atoms with E-state index in [1.165, 1.54) is 11.6 Å². The molecule has 19 heavy (non-hydrogen) atoms. The Labute approximate surface area is 118 Å². The van der Waals surface area contributed by atoms with E-state index in [0.717, 1.165) is 24.0 Å². The van der Waals surface area contributed by atoms with Crippen LogP contribution in [0, 0.1) is 5.82 Å². The molecule has 2 rings (SSSR count). The van der Waals surface area contributed by atoms with Gasteiger partial charge in [-0.15, -0.1) is 0 Å². The summed E-state index contributed by atoms with van der Waals surface area (Å²) in [6, 6.07) is 13.1. The molecule has 0 aliphatic carbocycles. The molecule has 0 spiro atoms. The van der Waals surface area contributed by atoms with Gasteiger partial charge in [-0.3, -0.25) is 0 Å². The van der Waals surface area contributed by atoms with Crippen LogP contribution in [-0.2, 0) is 6.42 Å². The summed E-state index contributed by atoms with van der Waals surface area (Å²) in [4.78, 5) is 0. The molecule has 0 atom stereocenters. The first kappa shape index (κ1) is 13.8. The van der Waals surface area contributed by atoms with Crippen molar-refractivity contribution in [2.24, 2.45) is 0 Å². The van der Waals surface area contributed by atoms with E-state index in [2.05, 4.69) is 24.3 Å². The fourth-order valence-corrected chi connectivity index (χ4v) is 2.07. The molecule has 0 amide bonds. The number of halogens is 2. The molecule has 2 aromatic rings. The van der Waals surface area contributed by atoms with Gasteiger partial charge in [0.05, 0.1) is 5.02 Å². The van der Waals surface area contributed by atoms with Crippen molar-refractivity contribution in [2.45, 2.75) is 19.8 Å². The third kappa shape index (κ3) is 3.68. The van der Waals surface area contributed by atoms with Crippen LogP contribution in [0.2, 0.25) is 5.02 Å². The topological polar surface area (TPSA) is 0 Å². The molecule has 0 radical (unpaired) electrons. The summed E-state index contributed by atoms with van der Waals surface area (Å²) >= 11 is 5.68. The highest BCUT2D eigenvalue weighted by molar-refractivity contribution is 6.30. The minimum Gasteiger partial charge on any atom is -0.205 e. The van der Waals surface area contributed by atoms with Gasteiger partial charge in [-0.1, -0.05) is 54.1 Å². The molecular formula is C17H16ClF. The Morgan fingerprint density at radius 3 is 2.37 bits per heavy atom. The third-order valence-electron chi connectivity index (χ3n) is 3.04. The summed E-state index contributed by atoms with van der Waals surface area (Å²) in [6.45, 7) is 2.03. The number of benzene rings is 2. The Morgan fingerprint density at radius 2 is 1.74 bits per heavy atom. The summed E-state index contributed by atoms with van der Waals surface area (Å²) in [7, 11) is 0. The number of hydrogen-bond acceptors (Lipinski definition) is 0. The van der Waals surface area contributed by atoms with Crippen LogP contribution in [0.4, 0.5) is 4.39 Å². The normalized spacial score (nSPS) is 11.1. The zero-order valence-corrected chi connectivity index (χ0v) is 11.6. The maximum absolute atomic E-state index is 13.4. The Balaban J connectivity index is 2.15. The monoisotopic (exact) mass is 274 g/mol. The lowest BCUT2D eigenvalue weighted by Gasteiger charge is -2.05. The molecule has 0 aliphatic rings. The van der Waals surface area contributed by atoms with Crippen molar-refractivity contribution in [3.8, 4) is 11.1 Å². The Bertz CT molecular complexity index is 570. The van der Waals surface area contributed by atoms with Gasteiger partial charge in [0.1, 0.15) is 5.82 Å². The van der Waals surface area contributed by atoms with Crippen molar-refractivity contribution in [3.05, 3.63) is 71.0 Å². The molecule has 0 saturated carbocycles. The minimum absolute atomic E-state index is 0.159. The number of aryl methyl sites for hydroxylation is 1. The van der Waals surface area contributed by atoms with Gasteiger partial charge in [0.2, 0.25) is 0 Å². The van der Waals surface area contributed by atoms with Gasteiger partial charge in [-0.05, 0) is 48.6 Å². The predicted octanol–water partition coefficient (Wildman–Crippen LogP) is 5.65. The van der Waals surface area contributed by atoms with E-state index < -0.39 is 0 Å². The van der Waals surface area contributed by atoms with E-state index in [-0.39, 0.29) is 10.8 Å². The summed E-state index contributed by atoms with van der Waals surface area (Å²) in [5.41, 5.74) is 3.14. The molecule has 0 fully saturated rings. The number of rotatable bonds is 4. The van der Waals surface area contributed by atoms with E-state index in [4.69, 9.17) is 11.6 Å². The summed E-state index contributed by atoms with van der Waals surface area (Å²) in [6.07, 6.45) is 6.29. The highest BCUT2D eigenvalue weighted by Crippen LogP contribution is 2.24. The molecule has 0 bridgehead atoms. The quantitative estimate of drug-likeness (QED) is 0.632. The van der Waals surface area contributed by atoms with Crippen molar-refractivity contribution in [1.29, 1.82) is 0 Å². The molecule has 2 aromatic carbocycles. The first-order valence-electron chi connectivity index (χ1n) is 6.36. The maximum atomic E-state index is 13.4. The maximum Gasteiger partial charge on any atom is 0.142 e. The lowest BCUT2D eigenvalue weighted by Crippen LogP contribution is -1.85. The Kier molecular flexibility index (Phi) is 4.75. The van der Waals surface area contributed by atoms with Crippen LogP contribution in [0.1, 0.15) is 18.9 Å². The highest BCUT2D eigenvalue weighted by atomic mass is 35.5. The van der Waals surface area contributed by atoms with Crippen molar-refractivity contribution in [3.63, 3.8) is 0 Å². The smallest absolute Gasteiger partial charge is 0.142 e. The second kappa shape index (κ2) is 6.53. The molecule has 2 heteroatoms. The molecule has 0 saturated heterocycles. The lowest BCUT2D eigenvalue weighted by molar-refractivity contribution is 0.629. The average molecular weight is 275 g/mol. The average Bonchev–Trinajstić information content (AvgIpc) is 2.43. The molecule has 0 aromatic heterocycles. The third-order valence-corrected chi connectivity index (χ3v) is 3.35. The zero-order chi connectivity index (χ0) is 13.7. The van der Waals surface area contributed by atoms with Gasteiger partial charge in [-0.25, -0.2) is 4.39 Å². The van der Waals surface area contributed by atoms with Crippen LogP contribution >= 0.6 is 11.6 Å². The summed E-state index contributed by atoms with van der Waals surface area (Å²) in [5, 5.41) is 0.159. The second-order valence-electron chi connectivity index (χ2n) is 4.43. The van der Waals surface area contributed by atoms with Crippen LogP contribution < -0.4 is 0 Å². The first-order valence-corrected chi connectivity index (χ1v) is 6.74. The van der Waals surface area contributed by atoms with Gasteiger partial charge in [0.25, 0.3) is 0 Å². The number of hydrogen-bond donors (Lipinski definition) is 0. The van der Waals surface area contributed by atoms with Crippen molar-refractivity contribution in [1.82, 2.24) is 0 Å². The lowest BCUT2D eigenvalue weighted by atomic mass is 10.0. The van der Waals surface area contributed by atoms with E-state index in [1.807, 2.05) is 25.1 Å². The molecular weight excluding hydrogens is 259 g/mol. The standard InChI is InChI=1S/C17H16ClF/c1-2-3-4-5-13-6-8-14(9-7-13)15-10-11-16(18)17(19)12-15/h2-3,6-12H,4-5H2,1H3. The van der Waals surface area contributed by atoms with Crippen LogP contribution in [0.15, 0.2) is 54.6 Å². The van der Waals surface area contributed by atoms with Gasteiger partial charge in [-0.2, -0.15) is 0 Å². The van der Waals surface area contributed by atoms with Crippen LogP contribution in [0.5, 0.6) is 0 Å². The van der Waals surface area contributed by atoms with Gasteiger partial charge in [0, 0.05) is 0 Å². The fourth-order valence-electron chi connectivity index (χ4n) is 1.96. The van der Waals surface area contributed by atoms with Gasteiger partial charge < -0.3 is 0 Å². The van der Waals surface area contributed by atoms with Crippen molar-refractivity contribution >= 4 is 11.6 Å². The van der Waals surface area contributed by atoms with Gasteiger partial charge in [0.15, 0.2) is 0 Å². The summed E-state index contributed by atoms with van der Waals surface area (Å²) < 4.78 is 13.4. The SMILES string of the molecule is CC=CCCc1ccc(-c2ccc(Cl)c(F)c2)cc1. The minimum atomic E-state index is -0.378. The molecule has 0 unspecified atom stereocenters. The zero-order valence-electron chi connectivity index (χ0n) is 10.9. The van der Waals surface area contributed by atoms with E-state index >= 15 is 0 Å². The first-order chi connectivity index (χ1) is 9.20. The molecule has 0 heterocycles.